The lowest BCUT2D eigenvalue weighted by molar-refractivity contribution is 0.897. The van der Waals surface area contributed by atoms with Crippen molar-refractivity contribution in [3.05, 3.63) is 48.3 Å². The first-order valence-corrected chi connectivity index (χ1v) is 6.16. The number of para-hydroxylation sites is 1. The minimum absolute atomic E-state index is 0.283. The summed E-state index contributed by atoms with van der Waals surface area (Å²) in [5.74, 6) is 0. The van der Waals surface area contributed by atoms with Gasteiger partial charge in [0.2, 0.25) is 0 Å². The molecule has 2 N–H and O–H groups in total. The predicted octanol–water partition coefficient (Wildman–Crippen LogP) is 3.72. The Morgan fingerprint density at radius 2 is 2.00 bits per heavy atom. The van der Waals surface area contributed by atoms with Crippen molar-refractivity contribution >= 4 is 16.7 Å². The minimum Gasteiger partial charge on any atom is -0.378 e. The molecule has 0 fully saturated rings. The second-order valence-electron chi connectivity index (χ2n) is 4.74. The Morgan fingerprint density at radius 1 is 1.11 bits per heavy atom. The molecule has 0 bridgehead atoms. The first-order valence-electron chi connectivity index (χ1n) is 6.16. The van der Waals surface area contributed by atoms with Crippen LogP contribution in [0.25, 0.3) is 22.2 Å². The molecular weight excluding hydrogens is 222 g/mol. The highest BCUT2D eigenvalue weighted by Crippen LogP contribution is 2.40. The van der Waals surface area contributed by atoms with E-state index in [2.05, 4.69) is 58.7 Å². The van der Waals surface area contributed by atoms with E-state index in [0.717, 1.165) is 5.65 Å². The van der Waals surface area contributed by atoms with Crippen LogP contribution in [0.4, 0.5) is 5.69 Å². The van der Waals surface area contributed by atoms with Gasteiger partial charge < -0.3 is 10.3 Å². The summed E-state index contributed by atoms with van der Waals surface area (Å²) in [6.45, 7) is 2.18. The third-order valence-corrected chi connectivity index (χ3v) is 3.66. The standard InChI is InChI=1S/C15H13N3/c1-9-12-8-17-15-14(12)11(6-7-16-15)10-4-2-3-5-13(10)18-9/h2-9,18H,1H3,(H,16,17). The fourth-order valence-electron chi connectivity index (χ4n) is 2.80. The highest BCUT2D eigenvalue weighted by Gasteiger charge is 2.21. The molecule has 0 spiro atoms. The van der Waals surface area contributed by atoms with Gasteiger partial charge in [0.15, 0.2) is 0 Å². The second-order valence-corrected chi connectivity index (χ2v) is 4.74. The summed E-state index contributed by atoms with van der Waals surface area (Å²) < 4.78 is 0. The van der Waals surface area contributed by atoms with Gasteiger partial charge in [0, 0.05) is 34.6 Å². The molecule has 0 amide bonds. The molecule has 1 unspecified atom stereocenters. The highest BCUT2D eigenvalue weighted by molar-refractivity contribution is 6.00. The Bertz CT molecular complexity index is 742. The van der Waals surface area contributed by atoms with E-state index in [1.54, 1.807) is 0 Å². The molecule has 1 aliphatic rings. The van der Waals surface area contributed by atoms with E-state index < -0.39 is 0 Å². The summed E-state index contributed by atoms with van der Waals surface area (Å²) in [5, 5.41) is 4.81. The number of anilines is 1. The maximum absolute atomic E-state index is 4.41. The topological polar surface area (TPSA) is 40.7 Å². The number of aromatic nitrogens is 2. The molecule has 1 atom stereocenters. The lowest BCUT2D eigenvalue weighted by Gasteiger charge is -2.13. The summed E-state index contributed by atoms with van der Waals surface area (Å²) in [6, 6.07) is 10.8. The number of aromatic amines is 1. The summed E-state index contributed by atoms with van der Waals surface area (Å²) >= 11 is 0. The molecule has 3 nitrogen and oxygen atoms in total. The third-order valence-electron chi connectivity index (χ3n) is 3.66. The van der Waals surface area contributed by atoms with Crippen molar-refractivity contribution in [2.45, 2.75) is 13.0 Å². The van der Waals surface area contributed by atoms with Gasteiger partial charge >= 0.3 is 0 Å². The molecule has 0 saturated heterocycles. The van der Waals surface area contributed by atoms with E-state index in [1.165, 1.54) is 27.8 Å². The molecule has 1 aliphatic heterocycles. The van der Waals surface area contributed by atoms with Crippen molar-refractivity contribution in [3.8, 4) is 11.1 Å². The Kier molecular flexibility index (Phi) is 1.81. The van der Waals surface area contributed by atoms with Gasteiger partial charge in [0.1, 0.15) is 5.65 Å². The summed E-state index contributed by atoms with van der Waals surface area (Å²) in [5.41, 5.74) is 5.93. The summed E-state index contributed by atoms with van der Waals surface area (Å²) in [7, 11) is 0. The van der Waals surface area contributed by atoms with Crippen molar-refractivity contribution in [2.75, 3.05) is 5.32 Å². The zero-order valence-corrected chi connectivity index (χ0v) is 10.1. The van der Waals surface area contributed by atoms with Crippen LogP contribution in [0.5, 0.6) is 0 Å². The molecule has 3 heterocycles. The first kappa shape index (κ1) is 9.71. The number of fused-ring (bicyclic) bond motifs is 2. The van der Waals surface area contributed by atoms with Crippen molar-refractivity contribution in [2.24, 2.45) is 0 Å². The van der Waals surface area contributed by atoms with Crippen LogP contribution in [0, 0.1) is 0 Å². The number of nitrogens with one attached hydrogen (secondary N) is 2. The van der Waals surface area contributed by atoms with Crippen molar-refractivity contribution in [3.63, 3.8) is 0 Å². The number of H-pyrrole nitrogens is 1. The number of hydrogen-bond donors (Lipinski definition) is 2. The fraction of sp³-hybridized carbons (Fsp3) is 0.133. The Morgan fingerprint density at radius 3 is 2.94 bits per heavy atom. The van der Waals surface area contributed by atoms with Crippen LogP contribution in [0.15, 0.2) is 42.7 Å². The van der Waals surface area contributed by atoms with Gasteiger partial charge in [0.25, 0.3) is 0 Å². The van der Waals surface area contributed by atoms with E-state index in [0.29, 0.717) is 0 Å². The maximum Gasteiger partial charge on any atom is 0.138 e. The Labute approximate surface area is 105 Å². The zero-order chi connectivity index (χ0) is 12.1. The van der Waals surface area contributed by atoms with Crippen LogP contribution in [-0.2, 0) is 0 Å². The van der Waals surface area contributed by atoms with Crippen LogP contribution >= 0.6 is 0 Å². The molecule has 3 heteroatoms. The van der Waals surface area contributed by atoms with Crippen LogP contribution in [0.3, 0.4) is 0 Å². The average Bonchev–Trinajstić information content (AvgIpc) is 2.78. The minimum atomic E-state index is 0.283. The number of nitrogens with zero attached hydrogens (tertiary/aromatic N) is 1. The van der Waals surface area contributed by atoms with Gasteiger partial charge in [-0.15, -0.1) is 0 Å². The molecule has 0 radical (unpaired) electrons. The van der Waals surface area contributed by atoms with Gasteiger partial charge in [-0.2, -0.15) is 0 Å². The number of benzene rings is 1. The van der Waals surface area contributed by atoms with E-state index in [4.69, 9.17) is 0 Å². The SMILES string of the molecule is CC1Nc2ccccc2-c2ccnc3[nH]cc1c23. The van der Waals surface area contributed by atoms with Crippen LogP contribution < -0.4 is 5.32 Å². The average molecular weight is 235 g/mol. The van der Waals surface area contributed by atoms with Crippen LogP contribution in [0.2, 0.25) is 0 Å². The second kappa shape index (κ2) is 3.35. The van der Waals surface area contributed by atoms with E-state index in [1.807, 2.05) is 6.20 Å². The third kappa shape index (κ3) is 1.16. The summed E-state index contributed by atoms with van der Waals surface area (Å²) in [4.78, 5) is 7.67. The number of hydrogen-bond acceptors (Lipinski definition) is 2. The monoisotopic (exact) mass is 235 g/mol. The first-order chi connectivity index (χ1) is 8.84. The lowest BCUT2D eigenvalue weighted by Crippen LogP contribution is -2.04. The predicted molar refractivity (Wildman–Crippen MR) is 73.6 cm³/mol. The van der Waals surface area contributed by atoms with Crippen molar-refractivity contribution in [1.29, 1.82) is 0 Å². The molecule has 1 aromatic carbocycles. The molecular formula is C15H13N3. The normalized spacial score (nSPS) is 17.1. The fourth-order valence-corrected chi connectivity index (χ4v) is 2.80. The molecule has 0 saturated carbocycles. The maximum atomic E-state index is 4.41. The van der Waals surface area contributed by atoms with E-state index in [-0.39, 0.29) is 6.04 Å². The highest BCUT2D eigenvalue weighted by atomic mass is 14.9. The zero-order valence-electron chi connectivity index (χ0n) is 10.1. The number of pyridine rings is 1. The molecule has 4 rings (SSSR count). The van der Waals surface area contributed by atoms with E-state index in [9.17, 15) is 0 Å². The van der Waals surface area contributed by atoms with Crippen molar-refractivity contribution < 1.29 is 0 Å². The van der Waals surface area contributed by atoms with Crippen molar-refractivity contribution in [1.82, 2.24) is 9.97 Å². The van der Waals surface area contributed by atoms with Gasteiger partial charge in [-0.1, -0.05) is 18.2 Å². The van der Waals surface area contributed by atoms with Gasteiger partial charge in [-0.3, -0.25) is 0 Å². The largest absolute Gasteiger partial charge is 0.378 e. The lowest BCUT2D eigenvalue weighted by atomic mass is 10.0. The molecule has 18 heavy (non-hydrogen) atoms. The molecule has 88 valence electrons. The Hall–Kier alpha value is -2.29. The van der Waals surface area contributed by atoms with Gasteiger partial charge in [-0.05, 0) is 24.6 Å². The van der Waals surface area contributed by atoms with Gasteiger partial charge in [0.05, 0.1) is 6.04 Å². The van der Waals surface area contributed by atoms with Crippen LogP contribution in [-0.4, -0.2) is 9.97 Å². The van der Waals surface area contributed by atoms with E-state index >= 15 is 0 Å². The molecule has 2 aromatic heterocycles. The molecule has 3 aromatic rings. The quantitative estimate of drug-likeness (QED) is 0.623. The Balaban J connectivity index is 2.19. The molecule has 0 aliphatic carbocycles. The number of rotatable bonds is 0. The van der Waals surface area contributed by atoms with Gasteiger partial charge in [-0.25, -0.2) is 4.98 Å². The summed E-state index contributed by atoms with van der Waals surface area (Å²) in [6.07, 6.45) is 3.93. The van der Waals surface area contributed by atoms with Crippen LogP contribution in [0.1, 0.15) is 18.5 Å². The smallest absolute Gasteiger partial charge is 0.138 e.